The van der Waals surface area contributed by atoms with Gasteiger partial charge in [-0.3, -0.25) is 0 Å². The number of nitrogens with one attached hydrogen (secondary N) is 2. The summed E-state index contributed by atoms with van der Waals surface area (Å²) in [4.78, 5) is 0. The Morgan fingerprint density at radius 1 is 1.13 bits per heavy atom. The van der Waals surface area contributed by atoms with Gasteiger partial charge in [-0.05, 0) is 35.2 Å². The van der Waals surface area contributed by atoms with Gasteiger partial charge in [-0.2, -0.15) is 0 Å². The van der Waals surface area contributed by atoms with Gasteiger partial charge in [0.1, 0.15) is 0 Å². The Balaban J connectivity index is 1.93. The molecule has 0 bridgehead atoms. The molecule has 1 aromatic carbocycles. The van der Waals surface area contributed by atoms with E-state index in [2.05, 4.69) is 52.4 Å². The molecule has 1 aromatic heterocycles. The monoisotopic (exact) mass is 218 g/mol. The molecule has 0 fully saturated rings. The van der Waals surface area contributed by atoms with Gasteiger partial charge in [0, 0.05) is 19.3 Å². The van der Waals surface area contributed by atoms with E-state index in [1.165, 1.54) is 10.6 Å². The van der Waals surface area contributed by atoms with Crippen molar-refractivity contribution >= 4 is 22.0 Å². The lowest BCUT2D eigenvalue weighted by molar-refractivity contribution is 1.16. The van der Waals surface area contributed by atoms with Crippen LogP contribution in [0, 0.1) is 0 Å². The lowest BCUT2D eigenvalue weighted by Crippen LogP contribution is -1.97. The molecule has 2 aromatic rings. The first kappa shape index (κ1) is 10.1. The van der Waals surface area contributed by atoms with Crippen LogP contribution in [0.5, 0.6) is 0 Å². The zero-order valence-electron chi connectivity index (χ0n) is 8.66. The van der Waals surface area contributed by atoms with Crippen LogP contribution in [0.3, 0.4) is 0 Å². The average Bonchev–Trinajstić information content (AvgIpc) is 2.80. The fraction of sp³-hybridized carbons (Fsp3) is 0.167. The topological polar surface area (TPSA) is 24.1 Å². The van der Waals surface area contributed by atoms with Gasteiger partial charge in [0.2, 0.25) is 0 Å². The van der Waals surface area contributed by atoms with Gasteiger partial charge >= 0.3 is 0 Å². The highest BCUT2D eigenvalue weighted by Crippen LogP contribution is 2.16. The molecule has 3 heteroatoms. The van der Waals surface area contributed by atoms with E-state index in [4.69, 9.17) is 0 Å². The summed E-state index contributed by atoms with van der Waals surface area (Å²) in [5.41, 5.74) is 2.44. The number of rotatable bonds is 4. The van der Waals surface area contributed by atoms with Crippen molar-refractivity contribution in [3.63, 3.8) is 0 Å². The first-order valence-corrected chi connectivity index (χ1v) is 5.80. The third kappa shape index (κ3) is 2.73. The standard InChI is InChI=1S/C12H14N2S/c1-13-11-6-4-10(5-7-11)9-14-12-3-2-8-15-12/h2-8,13-14H,9H2,1H3. The molecular formula is C12H14N2S. The van der Waals surface area contributed by atoms with Gasteiger partial charge in [-0.1, -0.05) is 12.1 Å². The van der Waals surface area contributed by atoms with Crippen LogP contribution >= 0.6 is 11.3 Å². The molecule has 1 heterocycles. The molecule has 78 valence electrons. The van der Waals surface area contributed by atoms with Crippen LogP contribution in [-0.2, 0) is 6.54 Å². The Hall–Kier alpha value is -1.48. The van der Waals surface area contributed by atoms with Crippen molar-refractivity contribution < 1.29 is 0 Å². The van der Waals surface area contributed by atoms with Crippen molar-refractivity contribution in [1.29, 1.82) is 0 Å². The number of hydrogen-bond acceptors (Lipinski definition) is 3. The van der Waals surface area contributed by atoms with Crippen molar-refractivity contribution in [3.05, 3.63) is 47.3 Å². The molecule has 0 aliphatic carbocycles. The highest BCUT2D eigenvalue weighted by molar-refractivity contribution is 7.14. The van der Waals surface area contributed by atoms with Crippen LogP contribution in [0.4, 0.5) is 10.7 Å². The van der Waals surface area contributed by atoms with Gasteiger partial charge in [0.25, 0.3) is 0 Å². The number of hydrogen-bond donors (Lipinski definition) is 2. The number of thiophene rings is 1. The summed E-state index contributed by atoms with van der Waals surface area (Å²) in [5.74, 6) is 0. The minimum absolute atomic E-state index is 0.879. The Morgan fingerprint density at radius 2 is 1.93 bits per heavy atom. The maximum absolute atomic E-state index is 3.38. The largest absolute Gasteiger partial charge is 0.388 e. The highest BCUT2D eigenvalue weighted by Gasteiger charge is 1.94. The molecule has 0 atom stereocenters. The molecule has 0 radical (unpaired) electrons. The van der Waals surface area contributed by atoms with Crippen molar-refractivity contribution in [1.82, 2.24) is 0 Å². The predicted octanol–water partition coefficient (Wildman–Crippen LogP) is 3.40. The van der Waals surface area contributed by atoms with Crippen LogP contribution in [-0.4, -0.2) is 7.05 Å². The van der Waals surface area contributed by atoms with Gasteiger partial charge in [-0.15, -0.1) is 11.3 Å². The van der Waals surface area contributed by atoms with E-state index in [0.717, 1.165) is 12.2 Å². The van der Waals surface area contributed by atoms with Crippen molar-refractivity contribution in [2.24, 2.45) is 0 Å². The highest BCUT2D eigenvalue weighted by atomic mass is 32.1. The second-order valence-corrected chi connectivity index (χ2v) is 4.23. The Labute approximate surface area is 94.0 Å². The van der Waals surface area contributed by atoms with Gasteiger partial charge in [-0.25, -0.2) is 0 Å². The maximum Gasteiger partial charge on any atom is 0.0885 e. The van der Waals surface area contributed by atoms with Crippen molar-refractivity contribution in [3.8, 4) is 0 Å². The van der Waals surface area contributed by atoms with Gasteiger partial charge in [0.15, 0.2) is 0 Å². The van der Waals surface area contributed by atoms with Crippen molar-refractivity contribution in [2.75, 3.05) is 17.7 Å². The molecule has 0 amide bonds. The Morgan fingerprint density at radius 3 is 2.53 bits per heavy atom. The summed E-state index contributed by atoms with van der Waals surface area (Å²) in [5, 5.41) is 9.77. The Bertz CT molecular complexity index is 392. The third-order valence-electron chi connectivity index (χ3n) is 2.23. The summed E-state index contributed by atoms with van der Waals surface area (Å²) in [7, 11) is 1.93. The lowest BCUT2D eigenvalue weighted by atomic mass is 10.2. The molecule has 0 unspecified atom stereocenters. The van der Waals surface area contributed by atoms with Crippen LogP contribution in [0.25, 0.3) is 0 Å². The summed E-state index contributed by atoms with van der Waals surface area (Å²) < 4.78 is 0. The molecule has 2 nitrogen and oxygen atoms in total. The molecule has 2 N–H and O–H groups in total. The zero-order chi connectivity index (χ0) is 10.5. The van der Waals surface area contributed by atoms with Crippen LogP contribution in [0.1, 0.15) is 5.56 Å². The van der Waals surface area contributed by atoms with Gasteiger partial charge in [0.05, 0.1) is 5.00 Å². The molecule has 0 saturated heterocycles. The second-order valence-electron chi connectivity index (χ2n) is 3.28. The fourth-order valence-electron chi connectivity index (χ4n) is 1.36. The maximum atomic E-state index is 3.38. The minimum atomic E-state index is 0.879. The van der Waals surface area contributed by atoms with Crippen LogP contribution in [0.15, 0.2) is 41.8 Å². The lowest BCUT2D eigenvalue weighted by Gasteiger charge is -2.05. The summed E-state index contributed by atoms with van der Waals surface area (Å²) in [6, 6.07) is 12.6. The van der Waals surface area contributed by atoms with Gasteiger partial charge < -0.3 is 10.6 Å². The minimum Gasteiger partial charge on any atom is -0.388 e. The molecule has 0 aliphatic rings. The SMILES string of the molecule is CNc1ccc(CNc2cccs2)cc1. The third-order valence-corrected chi connectivity index (χ3v) is 3.06. The van der Waals surface area contributed by atoms with E-state index in [1.54, 1.807) is 11.3 Å². The average molecular weight is 218 g/mol. The van der Waals surface area contributed by atoms with E-state index in [1.807, 2.05) is 7.05 Å². The smallest absolute Gasteiger partial charge is 0.0885 e. The molecular weight excluding hydrogens is 204 g/mol. The number of benzene rings is 1. The quantitative estimate of drug-likeness (QED) is 0.822. The molecule has 0 spiro atoms. The van der Waals surface area contributed by atoms with E-state index in [0.29, 0.717) is 0 Å². The Kier molecular flexibility index (Phi) is 3.25. The van der Waals surface area contributed by atoms with E-state index in [9.17, 15) is 0 Å². The van der Waals surface area contributed by atoms with Crippen LogP contribution < -0.4 is 10.6 Å². The molecule has 2 rings (SSSR count). The predicted molar refractivity (Wildman–Crippen MR) is 67.6 cm³/mol. The number of anilines is 2. The zero-order valence-corrected chi connectivity index (χ0v) is 9.47. The van der Waals surface area contributed by atoms with E-state index in [-0.39, 0.29) is 0 Å². The molecule has 0 saturated carbocycles. The summed E-state index contributed by atoms with van der Waals surface area (Å²) >= 11 is 1.73. The first-order valence-electron chi connectivity index (χ1n) is 4.92. The fourth-order valence-corrected chi connectivity index (χ4v) is 1.97. The normalized spacial score (nSPS) is 9.93. The second kappa shape index (κ2) is 4.84. The molecule has 0 aliphatic heterocycles. The summed E-state index contributed by atoms with van der Waals surface area (Å²) in [6.45, 7) is 0.879. The van der Waals surface area contributed by atoms with E-state index < -0.39 is 0 Å². The molecule has 15 heavy (non-hydrogen) atoms. The van der Waals surface area contributed by atoms with E-state index >= 15 is 0 Å². The van der Waals surface area contributed by atoms with Crippen molar-refractivity contribution in [2.45, 2.75) is 6.54 Å². The summed E-state index contributed by atoms with van der Waals surface area (Å²) in [6.07, 6.45) is 0. The van der Waals surface area contributed by atoms with Crippen LogP contribution in [0.2, 0.25) is 0 Å². The first-order chi connectivity index (χ1) is 7.38.